The summed E-state index contributed by atoms with van der Waals surface area (Å²) in [6.45, 7) is 11.3. The van der Waals surface area contributed by atoms with E-state index in [-0.39, 0.29) is 5.91 Å². The SMILES string of the molecule is CCCNC(CN(CC)C(C)CC)(C(N)=O)C1CC1. The van der Waals surface area contributed by atoms with Crippen molar-refractivity contribution >= 4 is 5.91 Å². The van der Waals surface area contributed by atoms with E-state index in [1.54, 1.807) is 0 Å². The van der Waals surface area contributed by atoms with Crippen LogP contribution in [0.5, 0.6) is 0 Å². The molecule has 0 bridgehead atoms. The molecule has 1 fully saturated rings. The molecule has 0 aromatic rings. The van der Waals surface area contributed by atoms with Gasteiger partial charge in [-0.05, 0) is 51.6 Å². The Kier molecular flexibility index (Phi) is 6.27. The van der Waals surface area contributed by atoms with E-state index in [0.29, 0.717) is 12.0 Å². The predicted molar refractivity (Wildman–Crippen MR) is 79.9 cm³/mol. The summed E-state index contributed by atoms with van der Waals surface area (Å²) in [5, 5.41) is 3.47. The first kappa shape index (κ1) is 16.4. The maximum absolute atomic E-state index is 12.1. The average Bonchev–Trinajstić information content (AvgIpc) is 3.23. The van der Waals surface area contributed by atoms with Crippen LogP contribution in [0.25, 0.3) is 0 Å². The first-order chi connectivity index (χ1) is 9.01. The summed E-state index contributed by atoms with van der Waals surface area (Å²) in [6, 6.07) is 0.492. The van der Waals surface area contributed by atoms with E-state index in [0.717, 1.165) is 45.3 Å². The zero-order valence-corrected chi connectivity index (χ0v) is 13.0. The molecule has 2 atom stereocenters. The largest absolute Gasteiger partial charge is 0.368 e. The second kappa shape index (κ2) is 7.25. The maximum Gasteiger partial charge on any atom is 0.239 e. The van der Waals surface area contributed by atoms with E-state index in [9.17, 15) is 4.79 Å². The number of nitrogens with one attached hydrogen (secondary N) is 1. The maximum atomic E-state index is 12.1. The molecule has 0 aromatic heterocycles. The third-order valence-electron chi connectivity index (χ3n) is 4.48. The normalized spacial score (nSPS) is 20.3. The summed E-state index contributed by atoms with van der Waals surface area (Å²) < 4.78 is 0. The zero-order valence-electron chi connectivity index (χ0n) is 13.0. The van der Waals surface area contributed by atoms with Gasteiger partial charge in [0, 0.05) is 12.6 Å². The topological polar surface area (TPSA) is 58.4 Å². The van der Waals surface area contributed by atoms with Crippen LogP contribution in [0.15, 0.2) is 0 Å². The molecule has 3 N–H and O–H groups in total. The van der Waals surface area contributed by atoms with Gasteiger partial charge in [0.25, 0.3) is 0 Å². The molecule has 19 heavy (non-hydrogen) atoms. The van der Waals surface area contributed by atoms with Crippen molar-refractivity contribution in [2.24, 2.45) is 11.7 Å². The van der Waals surface area contributed by atoms with Crippen LogP contribution in [-0.2, 0) is 4.79 Å². The van der Waals surface area contributed by atoms with Gasteiger partial charge >= 0.3 is 0 Å². The lowest BCUT2D eigenvalue weighted by atomic mass is 9.90. The molecule has 0 aromatic carbocycles. The summed E-state index contributed by atoms with van der Waals surface area (Å²) in [6.07, 6.45) is 4.37. The smallest absolute Gasteiger partial charge is 0.239 e. The molecule has 0 spiro atoms. The molecule has 112 valence electrons. The number of carbonyl (C=O) groups excluding carboxylic acids is 1. The van der Waals surface area contributed by atoms with E-state index in [1.165, 1.54) is 0 Å². The summed E-state index contributed by atoms with van der Waals surface area (Å²) in [7, 11) is 0. The van der Waals surface area contributed by atoms with Gasteiger partial charge in [-0.1, -0.05) is 20.8 Å². The number of nitrogens with zero attached hydrogens (tertiary/aromatic N) is 1. The lowest BCUT2D eigenvalue weighted by Crippen LogP contribution is -2.64. The van der Waals surface area contributed by atoms with Gasteiger partial charge < -0.3 is 11.1 Å². The van der Waals surface area contributed by atoms with Gasteiger partial charge in [0.1, 0.15) is 5.54 Å². The van der Waals surface area contributed by atoms with Crippen LogP contribution >= 0.6 is 0 Å². The van der Waals surface area contributed by atoms with Gasteiger partial charge in [0.15, 0.2) is 0 Å². The molecule has 1 rings (SSSR count). The lowest BCUT2D eigenvalue weighted by molar-refractivity contribution is -0.126. The Hall–Kier alpha value is -0.610. The van der Waals surface area contributed by atoms with Crippen molar-refractivity contribution in [3.63, 3.8) is 0 Å². The lowest BCUT2D eigenvalue weighted by Gasteiger charge is -2.39. The van der Waals surface area contributed by atoms with E-state index >= 15 is 0 Å². The van der Waals surface area contributed by atoms with Gasteiger partial charge in [-0.3, -0.25) is 9.69 Å². The number of hydrogen-bond acceptors (Lipinski definition) is 3. The first-order valence-electron chi connectivity index (χ1n) is 7.80. The second-order valence-electron chi connectivity index (χ2n) is 5.86. The molecule has 1 aliphatic carbocycles. The van der Waals surface area contributed by atoms with E-state index < -0.39 is 5.54 Å². The van der Waals surface area contributed by atoms with Crippen LogP contribution in [0, 0.1) is 5.92 Å². The third kappa shape index (κ3) is 3.93. The summed E-state index contributed by atoms with van der Waals surface area (Å²) in [5.41, 5.74) is 5.25. The fourth-order valence-corrected chi connectivity index (χ4v) is 2.78. The number of likely N-dealkylation sites (N-methyl/N-ethyl adjacent to an activating group) is 1. The number of hydrogen-bond donors (Lipinski definition) is 2. The molecular weight excluding hydrogens is 238 g/mol. The minimum atomic E-state index is -0.518. The Morgan fingerprint density at radius 3 is 2.42 bits per heavy atom. The van der Waals surface area contributed by atoms with Crippen molar-refractivity contribution in [3.05, 3.63) is 0 Å². The molecule has 0 heterocycles. The van der Waals surface area contributed by atoms with Gasteiger partial charge in [0.05, 0.1) is 0 Å². The highest BCUT2D eigenvalue weighted by molar-refractivity contribution is 5.86. The quantitative estimate of drug-likeness (QED) is 0.635. The highest BCUT2D eigenvalue weighted by Crippen LogP contribution is 2.40. The zero-order chi connectivity index (χ0) is 14.5. The highest BCUT2D eigenvalue weighted by Gasteiger charge is 2.50. The monoisotopic (exact) mass is 269 g/mol. The van der Waals surface area contributed by atoms with Gasteiger partial charge in [-0.2, -0.15) is 0 Å². The van der Waals surface area contributed by atoms with Gasteiger partial charge in [0.2, 0.25) is 5.91 Å². The standard InChI is InChI=1S/C15H31N3O/c1-5-10-17-15(14(16)19,13-8-9-13)11-18(7-3)12(4)6-2/h12-13,17H,5-11H2,1-4H3,(H2,16,19). The predicted octanol–water partition coefficient (Wildman–Crippen LogP) is 1.74. The summed E-state index contributed by atoms with van der Waals surface area (Å²) in [5.74, 6) is 0.250. The van der Waals surface area contributed by atoms with E-state index in [1.807, 2.05) is 0 Å². The third-order valence-corrected chi connectivity index (χ3v) is 4.48. The summed E-state index contributed by atoms with van der Waals surface area (Å²) >= 11 is 0. The molecule has 0 saturated heterocycles. The number of nitrogens with two attached hydrogens (primary N) is 1. The van der Waals surface area contributed by atoms with Crippen LogP contribution in [0.4, 0.5) is 0 Å². The molecule has 4 heteroatoms. The number of carbonyl (C=O) groups is 1. The van der Waals surface area contributed by atoms with Crippen molar-refractivity contribution in [1.29, 1.82) is 0 Å². The molecule has 1 saturated carbocycles. The number of amides is 1. The van der Waals surface area contributed by atoms with Crippen molar-refractivity contribution in [2.75, 3.05) is 19.6 Å². The Morgan fingerprint density at radius 1 is 1.42 bits per heavy atom. The minimum absolute atomic E-state index is 0.176. The highest BCUT2D eigenvalue weighted by atomic mass is 16.1. The number of primary amides is 1. The molecule has 1 amide bonds. The molecule has 2 unspecified atom stereocenters. The molecule has 4 nitrogen and oxygen atoms in total. The Morgan fingerprint density at radius 2 is 2.05 bits per heavy atom. The van der Waals surface area contributed by atoms with Crippen LogP contribution in [-0.4, -0.2) is 42.0 Å². The minimum Gasteiger partial charge on any atom is -0.368 e. The van der Waals surface area contributed by atoms with Gasteiger partial charge in [-0.25, -0.2) is 0 Å². The van der Waals surface area contributed by atoms with Crippen LogP contribution in [0.2, 0.25) is 0 Å². The molecule has 0 radical (unpaired) electrons. The Bertz CT molecular complexity index is 291. The van der Waals surface area contributed by atoms with Crippen LogP contribution in [0.3, 0.4) is 0 Å². The average molecular weight is 269 g/mol. The van der Waals surface area contributed by atoms with Gasteiger partial charge in [-0.15, -0.1) is 0 Å². The van der Waals surface area contributed by atoms with E-state index in [2.05, 4.69) is 37.9 Å². The van der Waals surface area contributed by atoms with E-state index in [4.69, 9.17) is 5.73 Å². The van der Waals surface area contributed by atoms with Crippen molar-refractivity contribution in [1.82, 2.24) is 10.2 Å². The molecule has 0 aliphatic heterocycles. The van der Waals surface area contributed by atoms with Crippen molar-refractivity contribution in [3.8, 4) is 0 Å². The second-order valence-corrected chi connectivity index (χ2v) is 5.86. The fraction of sp³-hybridized carbons (Fsp3) is 0.933. The Labute approximate surface area is 118 Å². The van der Waals surface area contributed by atoms with Crippen LogP contribution in [0.1, 0.15) is 53.4 Å². The van der Waals surface area contributed by atoms with Crippen LogP contribution < -0.4 is 11.1 Å². The first-order valence-corrected chi connectivity index (χ1v) is 7.80. The van der Waals surface area contributed by atoms with Crippen molar-refractivity contribution in [2.45, 2.75) is 65.0 Å². The Balaban J connectivity index is 2.85. The number of rotatable bonds is 10. The summed E-state index contributed by atoms with van der Waals surface area (Å²) in [4.78, 5) is 14.5. The molecule has 1 aliphatic rings. The van der Waals surface area contributed by atoms with Crippen molar-refractivity contribution < 1.29 is 4.79 Å². The molecular formula is C15H31N3O. The fourth-order valence-electron chi connectivity index (χ4n) is 2.78.